The Balaban J connectivity index is 1.05. The molecule has 2 fully saturated rings. The van der Waals surface area contributed by atoms with Crippen LogP contribution in [0.15, 0.2) is 54.7 Å². The number of piperidine rings is 1. The van der Waals surface area contributed by atoms with Crippen molar-refractivity contribution in [3.8, 4) is 6.19 Å². The van der Waals surface area contributed by atoms with E-state index in [4.69, 9.17) is 4.84 Å². The van der Waals surface area contributed by atoms with Crippen molar-refractivity contribution >= 4 is 23.4 Å². The second-order valence-electron chi connectivity index (χ2n) is 11.5. The molecule has 0 bridgehead atoms. The number of likely N-dealkylation sites (tertiary alicyclic amines) is 1. The van der Waals surface area contributed by atoms with Gasteiger partial charge in [-0.25, -0.2) is 0 Å². The van der Waals surface area contributed by atoms with Crippen molar-refractivity contribution in [1.29, 1.82) is 5.26 Å². The maximum absolute atomic E-state index is 13.0. The molecule has 0 spiro atoms. The molecule has 3 aliphatic rings. The third kappa shape index (κ3) is 5.61. The molecule has 43 heavy (non-hydrogen) atoms. The number of fused-ring (bicyclic) bond motifs is 2. The lowest BCUT2D eigenvalue weighted by Gasteiger charge is -2.48. The molecule has 2 N–H and O–H groups in total. The van der Waals surface area contributed by atoms with Crippen LogP contribution in [0.25, 0.3) is 0 Å². The Labute approximate surface area is 248 Å². The zero-order valence-corrected chi connectivity index (χ0v) is 23.8. The van der Waals surface area contributed by atoms with Crippen molar-refractivity contribution in [2.45, 2.75) is 57.9 Å². The number of para-hydroxylation sites is 1. The van der Waals surface area contributed by atoms with Gasteiger partial charge < -0.3 is 15.3 Å². The number of nitrogens with one attached hydrogen (secondary N) is 1. The van der Waals surface area contributed by atoms with E-state index in [0.29, 0.717) is 40.9 Å². The first-order valence-corrected chi connectivity index (χ1v) is 14.6. The predicted octanol–water partition coefficient (Wildman–Crippen LogP) is 3.29. The molecule has 1 aromatic heterocycles. The summed E-state index contributed by atoms with van der Waals surface area (Å²) in [6, 6.07) is 13.9. The highest BCUT2D eigenvalue weighted by molar-refractivity contribution is 6.20. The summed E-state index contributed by atoms with van der Waals surface area (Å²) >= 11 is 0. The average molecular weight is 584 g/mol. The van der Waals surface area contributed by atoms with Gasteiger partial charge in [-0.15, -0.1) is 10.2 Å². The molecule has 222 valence electrons. The number of aryl methyl sites for hydroxylation is 1. The molecular weight excluding hydrogens is 550 g/mol. The minimum absolute atomic E-state index is 0.122. The van der Waals surface area contributed by atoms with Crippen LogP contribution in [0.1, 0.15) is 70.6 Å². The van der Waals surface area contributed by atoms with E-state index in [0.717, 1.165) is 29.9 Å². The summed E-state index contributed by atoms with van der Waals surface area (Å²) in [5.74, 6) is -0.422. The van der Waals surface area contributed by atoms with Crippen LogP contribution in [0, 0.1) is 29.2 Å². The van der Waals surface area contributed by atoms with E-state index in [9.17, 15) is 24.8 Å². The Kier molecular flexibility index (Phi) is 7.92. The van der Waals surface area contributed by atoms with Crippen LogP contribution in [0.2, 0.25) is 0 Å². The van der Waals surface area contributed by atoms with Gasteiger partial charge in [0.15, 0.2) is 6.19 Å². The molecule has 1 saturated carbocycles. The SMILES string of the molecule is C[C@@H]1[C@H]2C[C@@H](c3ccccc3NC(=O)CCn3cc(CON4C(=O)c5ccccc5C4=O)nn3)N(C#N)C[C@@H]2CC[C@@H]1O. The molecule has 2 aromatic carbocycles. The van der Waals surface area contributed by atoms with Crippen LogP contribution < -0.4 is 5.32 Å². The van der Waals surface area contributed by atoms with Crippen LogP contribution >= 0.6 is 0 Å². The zero-order chi connectivity index (χ0) is 30.1. The number of carbonyl (C=O) groups is 3. The number of hydrogen-bond donors (Lipinski definition) is 2. The second-order valence-corrected chi connectivity index (χ2v) is 11.5. The van der Waals surface area contributed by atoms with Gasteiger partial charge in [0, 0.05) is 18.7 Å². The third-order valence-corrected chi connectivity index (χ3v) is 9.00. The number of aromatic nitrogens is 3. The van der Waals surface area contributed by atoms with E-state index in [1.165, 1.54) is 4.68 Å². The standard InChI is InChI=1S/C31H33N7O5/c1-19-25-14-27(36(18-32)15-20(25)10-11-28(19)39)24-8-4-5-9-26(24)33-29(40)12-13-37-16-21(34-35-37)17-43-38-30(41)22-6-2-3-7-23(22)31(38)42/h2-9,16,19-20,25,27-28,39H,10-15,17H2,1H3,(H,33,40)/t19-,20+,25-,27+,28+/m1/s1. The quantitative estimate of drug-likeness (QED) is 0.300. The fourth-order valence-electron chi connectivity index (χ4n) is 6.64. The second kappa shape index (κ2) is 11.9. The summed E-state index contributed by atoms with van der Waals surface area (Å²) < 4.78 is 1.50. The smallest absolute Gasteiger partial charge is 0.285 e. The summed E-state index contributed by atoms with van der Waals surface area (Å²) in [7, 11) is 0. The molecule has 1 saturated heterocycles. The lowest BCUT2D eigenvalue weighted by atomic mass is 9.66. The van der Waals surface area contributed by atoms with Crippen LogP contribution in [0.5, 0.6) is 0 Å². The highest BCUT2D eigenvalue weighted by Gasteiger charge is 2.43. The molecule has 1 aliphatic carbocycles. The summed E-state index contributed by atoms with van der Waals surface area (Å²) in [4.78, 5) is 45.2. The summed E-state index contributed by atoms with van der Waals surface area (Å²) in [6.07, 6.45) is 6.20. The van der Waals surface area contributed by atoms with Crippen molar-refractivity contribution in [2.24, 2.45) is 17.8 Å². The van der Waals surface area contributed by atoms with Gasteiger partial charge in [0.2, 0.25) is 5.91 Å². The van der Waals surface area contributed by atoms with Crippen molar-refractivity contribution < 1.29 is 24.3 Å². The average Bonchev–Trinajstić information content (AvgIpc) is 3.58. The van der Waals surface area contributed by atoms with Gasteiger partial charge in [-0.3, -0.25) is 23.9 Å². The highest BCUT2D eigenvalue weighted by atomic mass is 16.7. The van der Waals surface area contributed by atoms with E-state index in [-0.39, 0.29) is 43.5 Å². The maximum atomic E-state index is 13.0. The van der Waals surface area contributed by atoms with Crippen molar-refractivity contribution in [3.63, 3.8) is 0 Å². The number of rotatable bonds is 8. The maximum Gasteiger partial charge on any atom is 0.285 e. The molecule has 0 unspecified atom stereocenters. The molecule has 5 atom stereocenters. The van der Waals surface area contributed by atoms with Gasteiger partial charge in [0.1, 0.15) is 12.3 Å². The zero-order valence-electron chi connectivity index (χ0n) is 23.8. The van der Waals surface area contributed by atoms with Gasteiger partial charge in [-0.2, -0.15) is 5.26 Å². The van der Waals surface area contributed by atoms with E-state index in [1.54, 1.807) is 30.5 Å². The number of carbonyl (C=O) groups excluding carboxylic acids is 3. The third-order valence-electron chi connectivity index (χ3n) is 9.00. The van der Waals surface area contributed by atoms with Gasteiger partial charge in [0.05, 0.1) is 36.0 Å². The Morgan fingerprint density at radius 1 is 1.12 bits per heavy atom. The monoisotopic (exact) mass is 583 g/mol. The Morgan fingerprint density at radius 2 is 1.84 bits per heavy atom. The number of hydrogen-bond acceptors (Lipinski definition) is 9. The fourth-order valence-corrected chi connectivity index (χ4v) is 6.64. The number of imide groups is 1. The predicted molar refractivity (Wildman–Crippen MR) is 153 cm³/mol. The van der Waals surface area contributed by atoms with Crippen molar-refractivity contribution in [1.82, 2.24) is 25.0 Å². The number of nitriles is 1. The number of aliphatic hydroxyl groups excluding tert-OH is 1. The molecule has 6 rings (SSSR count). The van der Waals surface area contributed by atoms with Crippen molar-refractivity contribution in [2.75, 3.05) is 11.9 Å². The van der Waals surface area contributed by atoms with Crippen LogP contribution in [-0.4, -0.2) is 60.4 Å². The van der Waals surface area contributed by atoms with Crippen LogP contribution in [0.3, 0.4) is 0 Å². The van der Waals surface area contributed by atoms with E-state index in [1.807, 2.05) is 29.2 Å². The minimum Gasteiger partial charge on any atom is -0.393 e. The normalized spacial score (nSPS) is 24.8. The first kappa shape index (κ1) is 28.5. The van der Waals surface area contributed by atoms with Gasteiger partial charge in [-0.1, -0.05) is 42.5 Å². The highest BCUT2D eigenvalue weighted by Crippen LogP contribution is 2.47. The van der Waals surface area contributed by atoms with E-state index < -0.39 is 11.8 Å². The number of nitrogens with zero attached hydrogens (tertiary/aromatic N) is 6. The summed E-state index contributed by atoms with van der Waals surface area (Å²) in [5, 5.41) is 32.2. The number of aliphatic hydroxyl groups is 1. The first-order chi connectivity index (χ1) is 20.8. The largest absolute Gasteiger partial charge is 0.393 e. The molecule has 3 aromatic rings. The Bertz CT molecular complexity index is 1550. The summed E-state index contributed by atoms with van der Waals surface area (Å²) in [5.41, 5.74) is 2.53. The number of amides is 3. The molecule has 12 heteroatoms. The number of anilines is 1. The van der Waals surface area contributed by atoms with Gasteiger partial charge in [-0.05, 0) is 60.8 Å². The van der Waals surface area contributed by atoms with Gasteiger partial charge in [0.25, 0.3) is 11.8 Å². The molecular formula is C31H33N7O5. The lowest BCUT2D eigenvalue weighted by Crippen LogP contribution is -2.47. The number of hydroxylamine groups is 2. The molecule has 3 heterocycles. The summed E-state index contributed by atoms with van der Waals surface area (Å²) in [6.45, 7) is 2.86. The minimum atomic E-state index is -0.526. The van der Waals surface area contributed by atoms with Crippen LogP contribution in [0.4, 0.5) is 5.69 Å². The number of benzene rings is 2. The van der Waals surface area contributed by atoms with Crippen molar-refractivity contribution in [3.05, 3.63) is 77.1 Å². The molecule has 0 radical (unpaired) electrons. The Hall–Kier alpha value is -4.60. The molecule has 2 aliphatic heterocycles. The topological polar surface area (TPSA) is 154 Å². The van der Waals surface area contributed by atoms with Crippen LogP contribution in [-0.2, 0) is 22.8 Å². The molecule has 12 nitrogen and oxygen atoms in total. The molecule has 3 amide bonds. The fraction of sp³-hybridized carbons (Fsp3) is 0.419. The Morgan fingerprint density at radius 3 is 2.58 bits per heavy atom. The van der Waals surface area contributed by atoms with E-state index in [2.05, 4.69) is 28.7 Å². The van der Waals surface area contributed by atoms with Gasteiger partial charge >= 0.3 is 0 Å². The van der Waals surface area contributed by atoms with E-state index >= 15 is 0 Å². The lowest BCUT2D eigenvalue weighted by molar-refractivity contribution is -0.116. The first-order valence-electron chi connectivity index (χ1n) is 14.6.